The van der Waals surface area contributed by atoms with Crippen molar-refractivity contribution in [3.05, 3.63) is 0 Å². The Morgan fingerprint density at radius 1 is 1.21 bits per heavy atom. The van der Waals surface area contributed by atoms with Gasteiger partial charge >= 0.3 is 5.97 Å². The molecule has 0 aromatic carbocycles. The number of hydrogen-bond acceptors (Lipinski definition) is 3. The van der Waals surface area contributed by atoms with Crippen LogP contribution in [0.15, 0.2) is 0 Å². The summed E-state index contributed by atoms with van der Waals surface area (Å²) in [4.78, 5) is 11.7. The molecule has 0 aromatic rings. The number of esters is 1. The van der Waals surface area contributed by atoms with Gasteiger partial charge in [0.15, 0.2) is 0 Å². The molecule has 24 heavy (non-hydrogen) atoms. The predicted molar refractivity (Wildman–Crippen MR) is 97.9 cm³/mol. The fourth-order valence-electron chi connectivity index (χ4n) is 5.03. The van der Waals surface area contributed by atoms with Crippen molar-refractivity contribution < 1.29 is 14.3 Å². The summed E-state index contributed by atoms with van der Waals surface area (Å²) in [6.07, 6.45) is 10.9. The van der Waals surface area contributed by atoms with Crippen LogP contribution in [0.25, 0.3) is 0 Å². The Hall–Kier alpha value is -0.570. The second-order valence-electron chi connectivity index (χ2n) is 8.38. The molecular formula is C21H38O3. The number of rotatable bonds is 10. The first-order valence-corrected chi connectivity index (χ1v) is 10.3. The normalized spacial score (nSPS) is 34.9. The van der Waals surface area contributed by atoms with Gasteiger partial charge in [-0.15, -0.1) is 0 Å². The maximum atomic E-state index is 11.7. The summed E-state index contributed by atoms with van der Waals surface area (Å²) in [5.41, 5.74) is -0.441. The van der Waals surface area contributed by atoms with E-state index in [2.05, 4.69) is 34.6 Å². The van der Waals surface area contributed by atoms with E-state index in [0.717, 1.165) is 31.6 Å². The van der Waals surface area contributed by atoms with Crippen molar-refractivity contribution in [3.63, 3.8) is 0 Å². The smallest absolute Gasteiger partial charge is 0.309 e. The molecule has 0 radical (unpaired) electrons. The second kappa shape index (κ2) is 8.21. The lowest BCUT2D eigenvalue weighted by Crippen LogP contribution is -2.36. The highest BCUT2D eigenvalue weighted by Crippen LogP contribution is 2.51. The molecule has 2 aliphatic heterocycles. The maximum absolute atomic E-state index is 11.7. The van der Waals surface area contributed by atoms with E-state index in [4.69, 9.17) is 9.47 Å². The minimum absolute atomic E-state index is 0.0239. The van der Waals surface area contributed by atoms with Crippen molar-refractivity contribution in [2.45, 2.75) is 116 Å². The standard InChI is InChI=1S/C21H38O3/c1-6-10-11-17(7-2)12-16(5)14-20(8-3)15-21(9-4)18(23-20)13-19(22)24-21/h16-18H,6-15H2,1-5H3/t16-,17-,18-,20-,21-/m0/s1. The third-order valence-electron chi connectivity index (χ3n) is 6.51. The Bertz CT molecular complexity index is 421. The lowest BCUT2D eigenvalue weighted by atomic mass is 9.77. The first-order valence-electron chi connectivity index (χ1n) is 10.3. The summed E-state index contributed by atoms with van der Waals surface area (Å²) < 4.78 is 12.3. The first kappa shape index (κ1) is 19.8. The minimum Gasteiger partial charge on any atom is -0.456 e. The quantitative estimate of drug-likeness (QED) is 0.483. The van der Waals surface area contributed by atoms with Crippen molar-refractivity contribution in [2.24, 2.45) is 11.8 Å². The maximum Gasteiger partial charge on any atom is 0.309 e. The number of carbonyl (C=O) groups is 1. The SMILES string of the molecule is CCCC[C@H](CC)C[C@H](C)C[C@@]1(CC)C[C@]2(CC)OC(=O)C[C@@H]2O1. The molecule has 2 saturated heterocycles. The molecule has 2 fully saturated rings. The Morgan fingerprint density at radius 3 is 2.50 bits per heavy atom. The number of ether oxygens (including phenoxy) is 2. The molecule has 0 aliphatic carbocycles. The van der Waals surface area contributed by atoms with Crippen molar-refractivity contribution >= 4 is 5.97 Å². The molecule has 0 N–H and O–H groups in total. The van der Waals surface area contributed by atoms with Crippen LogP contribution in [-0.4, -0.2) is 23.3 Å². The molecular weight excluding hydrogens is 300 g/mol. The van der Waals surface area contributed by atoms with Crippen molar-refractivity contribution in [1.82, 2.24) is 0 Å². The molecule has 3 nitrogen and oxygen atoms in total. The van der Waals surface area contributed by atoms with E-state index in [9.17, 15) is 4.79 Å². The zero-order valence-electron chi connectivity index (χ0n) is 16.5. The van der Waals surface area contributed by atoms with Gasteiger partial charge in [0.2, 0.25) is 0 Å². The van der Waals surface area contributed by atoms with E-state index < -0.39 is 0 Å². The van der Waals surface area contributed by atoms with Crippen LogP contribution in [0.2, 0.25) is 0 Å². The predicted octanol–water partition coefficient (Wildman–Crippen LogP) is 5.65. The van der Waals surface area contributed by atoms with Gasteiger partial charge in [0.1, 0.15) is 11.7 Å². The van der Waals surface area contributed by atoms with Crippen molar-refractivity contribution in [1.29, 1.82) is 0 Å². The van der Waals surface area contributed by atoms with Crippen LogP contribution >= 0.6 is 0 Å². The number of hydrogen-bond donors (Lipinski definition) is 0. The van der Waals surface area contributed by atoms with Gasteiger partial charge < -0.3 is 9.47 Å². The van der Waals surface area contributed by atoms with Gasteiger partial charge in [-0.25, -0.2) is 0 Å². The van der Waals surface area contributed by atoms with Crippen LogP contribution in [-0.2, 0) is 14.3 Å². The highest BCUT2D eigenvalue weighted by Gasteiger charge is 2.60. The number of carbonyl (C=O) groups excluding carboxylic acids is 1. The molecule has 3 heteroatoms. The molecule has 0 bridgehead atoms. The van der Waals surface area contributed by atoms with Gasteiger partial charge in [0.05, 0.1) is 12.0 Å². The van der Waals surface area contributed by atoms with Crippen molar-refractivity contribution in [3.8, 4) is 0 Å². The zero-order valence-corrected chi connectivity index (χ0v) is 16.5. The third-order valence-corrected chi connectivity index (χ3v) is 6.51. The molecule has 2 rings (SSSR count). The van der Waals surface area contributed by atoms with E-state index in [1.807, 2.05) is 0 Å². The number of fused-ring (bicyclic) bond motifs is 1. The average Bonchev–Trinajstić information content (AvgIpc) is 3.01. The third kappa shape index (κ3) is 4.15. The molecule has 2 aliphatic rings. The van der Waals surface area contributed by atoms with E-state index in [-0.39, 0.29) is 23.3 Å². The number of unbranched alkanes of at least 4 members (excludes halogenated alkanes) is 1. The lowest BCUT2D eigenvalue weighted by Gasteiger charge is -2.33. The Kier molecular flexibility index (Phi) is 6.75. The van der Waals surface area contributed by atoms with Gasteiger partial charge in [0.25, 0.3) is 0 Å². The Balaban J connectivity index is 1.98. The van der Waals surface area contributed by atoms with Crippen LogP contribution in [0.3, 0.4) is 0 Å². The molecule has 0 spiro atoms. The minimum atomic E-state index is -0.348. The molecule has 0 aromatic heterocycles. The van der Waals surface area contributed by atoms with Crippen LogP contribution in [0.5, 0.6) is 0 Å². The molecule has 0 unspecified atom stereocenters. The lowest BCUT2D eigenvalue weighted by molar-refractivity contribution is -0.149. The average molecular weight is 339 g/mol. The summed E-state index contributed by atoms with van der Waals surface area (Å²) in [5.74, 6) is 1.42. The molecule has 5 atom stereocenters. The highest BCUT2D eigenvalue weighted by molar-refractivity contribution is 5.73. The first-order chi connectivity index (χ1) is 11.4. The highest BCUT2D eigenvalue weighted by atomic mass is 16.6. The summed E-state index contributed by atoms with van der Waals surface area (Å²) in [7, 11) is 0. The second-order valence-corrected chi connectivity index (χ2v) is 8.38. The summed E-state index contributed by atoms with van der Waals surface area (Å²) in [5, 5.41) is 0. The van der Waals surface area contributed by atoms with E-state index in [0.29, 0.717) is 12.3 Å². The molecule has 0 amide bonds. The molecule has 0 saturated carbocycles. The van der Waals surface area contributed by atoms with Crippen molar-refractivity contribution in [2.75, 3.05) is 0 Å². The fourth-order valence-corrected chi connectivity index (χ4v) is 5.03. The van der Waals surface area contributed by atoms with Gasteiger partial charge in [-0.2, -0.15) is 0 Å². The van der Waals surface area contributed by atoms with Gasteiger partial charge in [-0.05, 0) is 37.5 Å². The molecule has 2 heterocycles. The van der Waals surface area contributed by atoms with E-state index >= 15 is 0 Å². The zero-order chi connectivity index (χ0) is 17.8. The monoisotopic (exact) mass is 338 g/mol. The largest absolute Gasteiger partial charge is 0.456 e. The van der Waals surface area contributed by atoms with Crippen LogP contribution in [0.4, 0.5) is 0 Å². The van der Waals surface area contributed by atoms with Gasteiger partial charge in [0, 0.05) is 6.42 Å². The summed E-state index contributed by atoms with van der Waals surface area (Å²) in [6, 6.07) is 0. The van der Waals surface area contributed by atoms with E-state index in [1.54, 1.807) is 0 Å². The summed E-state index contributed by atoms with van der Waals surface area (Å²) >= 11 is 0. The van der Waals surface area contributed by atoms with Crippen LogP contribution < -0.4 is 0 Å². The Labute approximate surface area is 148 Å². The van der Waals surface area contributed by atoms with Gasteiger partial charge in [-0.1, -0.05) is 60.3 Å². The fraction of sp³-hybridized carbons (Fsp3) is 0.952. The van der Waals surface area contributed by atoms with Crippen LogP contribution in [0, 0.1) is 11.8 Å². The Morgan fingerprint density at radius 2 is 1.96 bits per heavy atom. The van der Waals surface area contributed by atoms with Gasteiger partial charge in [-0.3, -0.25) is 4.79 Å². The molecule has 140 valence electrons. The summed E-state index contributed by atoms with van der Waals surface area (Å²) in [6.45, 7) is 11.3. The topological polar surface area (TPSA) is 35.5 Å². The van der Waals surface area contributed by atoms with Crippen LogP contribution in [0.1, 0.15) is 98.8 Å². The van der Waals surface area contributed by atoms with E-state index in [1.165, 1.54) is 32.1 Å².